The Labute approximate surface area is 79.8 Å². The number of hydrogen-bond donors (Lipinski definition) is 2. The summed E-state index contributed by atoms with van der Waals surface area (Å²) in [6, 6.07) is 0.0601. The van der Waals surface area contributed by atoms with Crippen LogP contribution in [-0.4, -0.2) is 25.8 Å². The zero-order valence-corrected chi connectivity index (χ0v) is 8.89. The van der Waals surface area contributed by atoms with Crippen LogP contribution in [0.15, 0.2) is 0 Å². The van der Waals surface area contributed by atoms with Crippen molar-refractivity contribution >= 4 is 6.09 Å². The van der Waals surface area contributed by atoms with Gasteiger partial charge in [0.2, 0.25) is 0 Å². The third-order valence-electron chi connectivity index (χ3n) is 1.98. The number of amides is 1. The van der Waals surface area contributed by atoms with Crippen LogP contribution in [0.1, 0.15) is 27.2 Å². The highest BCUT2D eigenvalue weighted by Gasteiger charge is 2.25. The Morgan fingerprint density at radius 1 is 1.54 bits per heavy atom. The van der Waals surface area contributed by atoms with E-state index in [0.717, 1.165) is 6.42 Å². The normalized spacial score (nSPS) is 13.6. The molecule has 0 spiro atoms. The van der Waals surface area contributed by atoms with Crippen LogP contribution in [0.25, 0.3) is 0 Å². The van der Waals surface area contributed by atoms with Crippen molar-refractivity contribution in [3.63, 3.8) is 0 Å². The van der Waals surface area contributed by atoms with Gasteiger partial charge in [0.25, 0.3) is 0 Å². The smallest absolute Gasteiger partial charge is 0.407 e. The number of alkyl carbamates (subject to hydrolysis) is 1. The van der Waals surface area contributed by atoms with Gasteiger partial charge in [-0.1, -0.05) is 20.8 Å². The Bertz CT molecular complexity index is 163. The van der Waals surface area contributed by atoms with Gasteiger partial charge in [-0.25, -0.2) is 4.79 Å². The van der Waals surface area contributed by atoms with Gasteiger partial charge in [-0.3, -0.25) is 0 Å². The van der Waals surface area contributed by atoms with Gasteiger partial charge >= 0.3 is 6.09 Å². The molecular formula is C9H20N2O2. The summed E-state index contributed by atoms with van der Waals surface area (Å²) >= 11 is 0. The quantitative estimate of drug-likeness (QED) is 0.697. The number of nitrogens with two attached hydrogens (primary N) is 1. The second-order valence-electron chi connectivity index (χ2n) is 4.13. The highest BCUT2D eigenvalue weighted by molar-refractivity contribution is 5.67. The molecule has 0 aliphatic rings. The molecular weight excluding hydrogens is 168 g/mol. The largest absolute Gasteiger partial charge is 0.453 e. The van der Waals surface area contributed by atoms with Gasteiger partial charge in [-0.15, -0.1) is 0 Å². The van der Waals surface area contributed by atoms with Gasteiger partial charge in [0.05, 0.1) is 7.11 Å². The molecule has 4 nitrogen and oxygen atoms in total. The summed E-state index contributed by atoms with van der Waals surface area (Å²) in [5.74, 6) is 0. The minimum absolute atomic E-state index is 0.00750. The average molecular weight is 188 g/mol. The van der Waals surface area contributed by atoms with E-state index in [-0.39, 0.29) is 11.5 Å². The summed E-state index contributed by atoms with van der Waals surface area (Å²) < 4.78 is 4.53. The van der Waals surface area contributed by atoms with E-state index < -0.39 is 6.09 Å². The van der Waals surface area contributed by atoms with Crippen molar-refractivity contribution in [2.75, 3.05) is 13.7 Å². The zero-order valence-electron chi connectivity index (χ0n) is 8.89. The molecule has 0 heterocycles. The molecule has 0 aromatic carbocycles. The summed E-state index contributed by atoms with van der Waals surface area (Å²) in [7, 11) is 1.36. The standard InChI is InChI=1S/C9H20N2O2/c1-9(2,3)7(5-6-10)11-8(12)13-4/h7H,5-6,10H2,1-4H3,(H,11,12). The number of hydrogen-bond acceptors (Lipinski definition) is 3. The lowest BCUT2D eigenvalue weighted by Crippen LogP contribution is -2.44. The second-order valence-corrected chi connectivity index (χ2v) is 4.13. The SMILES string of the molecule is COC(=O)NC(CCN)C(C)(C)C. The molecule has 78 valence electrons. The zero-order chi connectivity index (χ0) is 10.5. The summed E-state index contributed by atoms with van der Waals surface area (Å²) in [5.41, 5.74) is 5.46. The van der Waals surface area contributed by atoms with E-state index in [1.54, 1.807) is 0 Å². The van der Waals surface area contributed by atoms with E-state index in [9.17, 15) is 4.79 Å². The van der Waals surface area contributed by atoms with Crippen molar-refractivity contribution < 1.29 is 9.53 Å². The Balaban J connectivity index is 4.18. The predicted octanol–water partition coefficient (Wildman–Crippen LogP) is 1.11. The van der Waals surface area contributed by atoms with E-state index in [1.807, 2.05) is 0 Å². The summed E-state index contributed by atoms with van der Waals surface area (Å²) in [4.78, 5) is 11.0. The van der Waals surface area contributed by atoms with Crippen LogP contribution in [0.2, 0.25) is 0 Å². The lowest BCUT2D eigenvalue weighted by Gasteiger charge is -2.30. The number of rotatable bonds is 3. The monoisotopic (exact) mass is 188 g/mol. The first kappa shape index (κ1) is 12.2. The van der Waals surface area contributed by atoms with E-state index in [4.69, 9.17) is 5.73 Å². The lowest BCUT2D eigenvalue weighted by atomic mass is 9.85. The fourth-order valence-electron chi connectivity index (χ4n) is 1.09. The molecule has 13 heavy (non-hydrogen) atoms. The highest BCUT2D eigenvalue weighted by atomic mass is 16.5. The van der Waals surface area contributed by atoms with Crippen molar-refractivity contribution in [2.24, 2.45) is 11.1 Å². The van der Waals surface area contributed by atoms with Crippen LogP contribution in [0, 0.1) is 5.41 Å². The maximum Gasteiger partial charge on any atom is 0.407 e. The van der Waals surface area contributed by atoms with Gasteiger partial charge in [0.15, 0.2) is 0 Å². The fourth-order valence-corrected chi connectivity index (χ4v) is 1.09. The van der Waals surface area contributed by atoms with Crippen LogP contribution in [0.3, 0.4) is 0 Å². The van der Waals surface area contributed by atoms with Crippen molar-refractivity contribution in [3.05, 3.63) is 0 Å². The van der Waals surface area contributed by atoms with Crippen molar-refractivity contribution in [1.82, 2.24) is 5.32 Å². The summed E-state index contributed by atoms with van der Waals surface area (Å²) in [5, 5.41) is 2.77. The summed E-state index contributed by atoms with van der Waals surface area (Å²) in [6.45, 7) is 6.74. The highest BCUT2D eigenvalue weighted by Crippen LogP contribution is 2.21. The molecule has 1 atom stereocenters. The molecule has 0 saturated carbocycles. The molecule has 0 saturated heterocycles. The van der Waals surface area contributed by atoms with Crippen LogP contribution < -0.4 is 11.1 Å². The van der Waals surface area contributed by atoms with Crippen molar-refractivity contribution in [3.8, 4) is 0 Å². The molecule has 0 fully saturated rings. The maximum absolute atomic E-state index is 11.0. The van der Waals surface area contributed by atoms with E-state index >= 15 is 0 Å². The minimum atomic E-state index is -0.395. The van der Waals surface area contributed by atoms with Crippen LogP contribution in [0.5, 0.6) is 0 Å². The van der Waals surface area contributed by atoms with Crippen LogP contribution >= 0.6 is 0 Å². The first-order chi connectivity index (χ1) is 5.91. The predicted molar refractivity (Wildman–Crippen MR) is 52.5 cm³/mol. The Morgan fingerprint density at radius 3 is 2.38 bits per heavy atom. The Hall–Kier alpha value is -0.770. The molecule has 0 bridgehead atoms. The molecule has 0 rings (SSSR count). The molecule has 1 unspecified atom stereocenters. The topological polar surface area (TPSA) is 64.3 Å². The number of carbonyl (C=O) groups is 1. The molecule has 3 N–H and O–H groups in total. The summed E-state index contributed by atoms with van der Waals surface area (Å²) in [6.07, 6.45) is 0.367. The van der Waals surface area contributed by atoms with Crippen molar-refractivity contribution in [2.45, 2.75) is 33.2 Å². The van der Waals surface area contributed by atoms with Gasteiger partial charge in [0, 0.05) is 6.04 Å². The van der Waals surface area contributed by atoms with E-state index in [0.29, 0.717) is 6.54 Å². The molecule has 0 aliphatic heterocycles. The number of nitrogens with one attached hydrogen (secondary N) is 1. The minimum Gasteiger partial charge on any atom is -0.453 e. The first-order valence-corrected chi connectivity index (χ1v) is 4.46. The fraction of sp³-hybridized carbons (Fsp3) is 0.889. The molecule has 0 aromatic rings. The third-order valence-corrected chi connectivity index (χ3v) is 1.98. The molecule has 0 aliphatic carbocycles. The average Bonchev–Trinajstić information content (AvgIpc) is 2.01. The van der Waals surface area contributed by atoms with Gasteiger partial charge in [0.1, 0.15) is 0 Å². The van der Waals surface area contributed by atoms with Crippen LogP contribution in [-0.2, 0) is 4.74 Å². The van der Waals surface area contributed by atoms with Crippen LogP contribution in [0.4, 0.5) is 4.79 Å². The lowest BCUT2D eigenvalue weighted by molar-refractivity contribution is 0.152. The van der Waals surface area contributed by atoms with E-state index in [2.05, 4.69) is 30.8 Å². The first-order valence-electron chi connectivity index (χ1n) is 4.46. The number of ether oxygens (including phenoxy) is 1. The second kappa shape index (κ2) is 5.07. The number of methoxy groups -OCH3 is 1. The Kier molecular flexibility index (Phi) is 4.77. The number of carbonyl (C=O) groups excluding carboxylic acids is 1. The molecule has 1 amide bonds. The van der Waals surface area contributed by atoms with E-state index in [1.165, 1.54) is 7.11 Å². The Morgan fingerprint density at radius 2 is 2.08 bits per heavy atom. The van der Waals surface area contributed by atoms with Gasteiger partial charge in [-0.2, -0.15) is 0 Å². The van der Waals surface area contributed by atoms with Gasteiger partial charge < -0.3 is 15.8 Å². The van der Waals surface area contributed by atoms with Gasteiger partial charge in [-0.05, 0) is 18.4 Å². The molecule has 4 heteroatoms. The molecule has 0 aromatic heterocycles. The maximum atomic E-state index is 11.0. The molecule has 0 radical (unpaired) electrons. The van der Waals surface area contributed by atoms with Crippen molar-refractivity contribution in [1.29, 1.82) is 0 Å². The third kappa shape index (κ3) is 4.72.